The number of hydrogen-bond donors (Lipinski definition) is 2. The summed E-state index contributed by atoms with van der Waals surface area (Å²) in [6.07, 6.45) is 3.25. The van der Waals surface area contributed by atoms with Crippen molar-refractivity contribution in [2.24, 2.45) is 9.98 Å². The molecule has 0 bridgehead atoms. The number of aliphatic imine (C=N–C) groups is 2. The first-order chi connectivity index (χ1) is 12.6. The van der Waals surface area contributed by atoms with Crippen molar-refractivity contribution in [3.63, 3.8) is 0 Å². The summed E-state index contributed by atoms with van der Waals surface area (Å²) in [6, 6.07) is 18.5. The Morgan fingerprint density at radius 2 is 1.04 bits per heavy atom. The summed E-state index contributed by atoms with van der Waals surface area (Å²) in [7, 11) is 0. The van der Waals surface area contributed by atoms with Crippen molar-refractivity contribution >= 4 is 23.8 Å². The third-order valence-corrected chi connectivity index (χ3v) is 4.11. The lowest BCUT2D eigenvalue weighted by atomic mass is 10.1. The summed E-state index contributed by atoms with van der Waals surface area (Å²) in [5.74, 6) is 0.448. The standard InChI is InChI=1S/C22H20N2O2/c1-15-7-5-9-17(21(15)25)13-23-19-11-3-4-12-20(19)24-14-18-10-6-8-16(2)22(18)26/h3-14,25-26H,1-2H3. The van der Waals surface area contributed by atoms with Gasteiger partial charge in [-0.05, 0) is 49.2 Å². The molecule has 0 aliphatic heterocycles. The van der Waals surface area contributed by atoms with Gasteiger partial charge in [-0.3, -0.25) is 9.98 Å². The minimum absolute atomic E-state index is 0.224. The molecule has 130 valence electrons. The summed E-state index contributed by atoms with van der Waals surface area (Å²) in [5, 5.41) is 20.2. The smallest absolute Gasteiger partial charge is 0.127 e. The summed E-state index contributed by atoms with van der Waals surface area (Å²) in [6.45, 7) is 3.69. The van der Waals surface area contributed by atoms with Crippen molar-refractivity contribution in [1.82, 2.24) is 0 Å². The molecule has 2 N–H and O–H groups in total. The minimum Gasteiger partial charge on any atom is -0.507 e. The summed E-state index contributed by atoms with van der Waals surface area (Å²) in [4.78, 5) is 8.94. The molecule has 0 unspecified atom stereocenters. The van der Waals surface area contributed by atoms with Gasteiger partial charge in [-0.2, -0.15) is 0 Å². The highest BCUT2D eigenvalue weighted by atomic mass is 16.3. The highest BCUT2D eigenvalue weighted by Gasteiger charge is 2.03. The average molecular weight is 344 g/mol. The second-order valence-electron chi connectivity index (χ2n) is 6.03. The third-order valence-electron chi connectivity index (χ3n) is 4.11. The predicted octanol–water partition coefficient (Wildman–Crippen LogP) is 5.22. The topological polar surface area (TPSA) is 65.2 Å². The largest absolute Gasteiger partial charge is 0.507 e. The molecule has 0 spiro atoms. The molecule has 26 heavy (non-hydrogen) atoms. The van der Waals surface area contributed by atoms with Crippen LogP contribution in [0.25, 0.3) is 0 Å². The van der Waals surface area contributed by atoms with E-state index in [2.05, 4.69) is 9.98 Å². The van der Waals surface area contributed by atoms with Gasteiger partial charge in [-0.1, -0.05) is 36.4 Å². The predicted molar refractivity (Wildman–Crippen MR) is 107 cm³/mol. The zero-order valence-electron chi connectivity index (χ0n) is 14.7. The number of rotatable bonds is 4. The second-order valence-corrected chi connectivity index (χ2v) is 6.03. The number of nitrogens with zero attached hydrogens (tertiary/aromatic N) is 2. The monoisotopic (exact) mass is 344 g/mol. The van der Waals surface area contributed by atoms with Gasteiger partial charge in [-0.25, -0.2) is 0 Å². The van der Waals surface area contributed by atoms with E-state index in [0.29, 0.717) is 22.5 Å². The van der Waals surface area contributed by atoms with Crippen LogP contribution in [0, 0.1) is 13.8 Å². The molecule has 0 aliphatic rings. The van der Waals surface area contributed by atoms with Gasteiger partial charge < -0.3 is 10.2 Å². The Bertz CT molecular complexity index is 911. The van der Waals surface area contributed by atoms with Gasteiger partial charge >= 0.3 is 0 Å². The maximum absolute atomic E-state index is 10.1. The van der Waals surface area contributed by atoms with E-state index in [-0.39, 0.29) is 11.5 Å². The molecule has 0 heterocycles. The summed E-state index contributed by atoms with van der Waals surface area (Å²) in [5.41, 5.74) is 4.26. The SMILES string of the molecule is Cc1cccc(C=Nc2ccccc2N=Cc2cccc(C)c2O)c1O. The molecule has 0 radical (unpaired) electrons. The first-order valence-electron chi connectivity index (χ1n) is 8.30. The zero-order valence-corrected chi connectivity index (χ0v) is 14.7. The Kier molecular flexibility index (Phi) is 5.13. The molecular weight excluding hydrogens is 324 g/mol. The Hall–Kier alpha value is -3.40. The number of benzene rings is 3. The Labute approximate surface area is 152 Å². The molecule has 3 aromatic carbocycles. The van der Waals surface area contributed by atoms with Crippen LogP contribution >= 0.6 is 0 Å². The molecular formula is C22H20N2O2. The summed E-state index contributed by atoms with van der Waals surface area (Å²) >= 11 is 0. The van der Waals surface area contributed by atoms with Gasteiger partial charge in [0.15, 0.2) is 0 Å². The molecule has 0 saturated heterocycles. The average Bonchev–Trinajstić information content (AvgIpc) is 2.65. The van der Waals surface area contributed by atoms with Gasteiger partial charge in [0, 0.05) is 23.6 Å². The van der Waals surface area contributed by atoms with E-state index in [1.807, 2.05) is 74.5 Å². The lowest BCUT2D eigenvalue weighted by Crippen LogP contribution is -1.86. The van der Waals surface area contributed by atoms with E-state index in [1.54, 1.807) is 12.4 Å². The minimum atomic E-state index is 0.224. The Balaban J connectivity index is 1.91. The van der Waals surface area contributed by atoms with E-state index < -0.39 is 0 Å². The van der Waals surface area contributed by atoms with Crippen LogP contribution in [0.3, 0.4) is 0 Å². The normalized spacial score (nSPS) is 11.5. The van der Waals surface area contributed by atoms with Crippen molar-refractivity contribution in [3.8, 4) is 11.5 Å². The highest BCUT2D eigenvalue weighted by Crippen LogP contribution is 2.29. The van der Waals surface area contributed by atoms with Crippen LogP contribution in [0.1, 0.15) is 22.3 Å². The maximum atomic E-state index is 10.1. The van der Waals surface area contributed by atoms with E-state index in [4.69, 9.17) is 0 Å². The van der Waals surface area contributed by atoms with Crippen molar-refractivity contribution in [1.29, 1.82) is 0 Å². The molecule has 0 saturated carbocycles. The van der Waals surface area contributed by atoms with Crippen molar-refractivity contribution in [3.05, 3.63) is 82.9 Å². The van der Waals surface area contributed by atoms with Crippen molar-refractivity contribution < 1.29 is 10.2 Å². The fourth-order valence-corrected chi connectivity index (χ4v) is 2.53. The Morgan fingerprint density at radius 1 is 0.615 bits per heavy atom. The fraction of sp³-hybridized carbons (Fsp3) is 0.0909. The van der Waals surface area contributed by atoms with Crippen LogP contribution in [0.5, 0.6) is 11.5 Å². The van der Waals surface area contributed by atoms with E-state index in [0.717, 1.165) is 11.1 Å². The van der Waals surface area contributed by atoms with Gasteiger partial charge in [0.25, 0.3) is 0 Å². The number of para-hydroxylation sites is 4. The quantitative estimate of drug-likeness (QED) is 0.638. The van der Waals surface area contributed by atoms with Crippen molar-refractivity contribution in [2.45, 2.75) is 13.8 Å². The molecule has 3 aromatic rings. The molecule has 4 nitrogen and oxygen atoms in total. The number of phenols is 2. The van der Waals surface area contributed by atoms with Gasteiger partial charge in [-0.15, -0.1) is 0 Å². The van der Waals surface area contributed by atoms with Crippen LogP contribution in [-0.4, -0.2) is 22.6 Å². The number of aryl methyl sites for hydroxylation is 2. The van der Waals surface area contributed by atoms with Crippen LogP contribution in [0.2, 0.25) is 0 Å². The maximum Gasteiger partial charge on any atom is 0.127 e. The van der Waals surface area contributed by atoms with E-state index in [9.17, 15) is 10.2 Å². The van der Waals surface area contributed by atoms with Crippen LogP contribution in [0.15, 0.2) is 70.6 Å². The molecule has 0 aromatic heterocycles. The van der Waals surface area contributed by atoms with Gasteiger partial charge in [0.2, 0.25) is 0 Å². The molecule has 4 heteroatoms. The van der Waals surface area contributed by atoms with E-state index in [1.165, 1.54) is 0 Å². The highest BCUT2D eigenvalue weighted by molar-refractivity contribution is 5.89. The lowest BCUT2D eigenvalue weighted by Gasteiger charge is -2.04. The van der Waals surface area contributed by atoms with Crippen LogP contribution in [0.4, 0.5) is 11.4 Å². The van der Waals surface area contributed by atoms with Gasteiger partial charge in [0.05, 0.1) is 11.4 Å². The molecule has 0 aliphatic carbocycles. The molecule has 3 rings (SSSR count). The molecule has 0 fully saturated rings. The third kappa shape index (κ3) is 3.81. The summed E-state index contributed by atoms with van der Waals surface area (Å²) < 4.78 is 0. The Morgan fingerprint density at radius 3 is 1.46 bits per heavy atom. The molecule has 0 amide bonds. The number of aromatic hydroxyl groups is 2. The zero-order chi connectivity index (χ0) is 18.5. The number of phenolic OH excluding ortho intramolecular Hbond substituents is 2. The van der Waals surface area contributed by atoms with E-state index >= 15 is 0 Å². The van der Waals surface area contributed by atoms with Crippen molar-refractivity contribution in [2.75, 3.05) is 0 Å². The fourth-order valence-electron chi connectivity index (χ4n) is 2.53. The van der Waals surface area contributed by atoms with Crippen LogP contribution < -0.4 is 0 Å². The number of hydrogen-bond acceptors (Lipinski definition) is 4. The van der Waals surface area contributed by atoms with Crippen LogP contribution in [-0.2, 0) is 0 Å². The van der Waals surface area contributed by atoms with Gasteiger partial charge in [0.1, 0.15) is 11.5 Å². The lowest BCUT2D eigenvalue weighted by molar-refractivity contribution is 0.470. The first-order valence-corrected chi connectivity index (χ1v) is 8.30. The second kappa shape index (κ2) is 7.66. The molecule has 0 atom stereocenters. The first kappa shape index (κ1) is 17.4.